The number of hydrogen-bond acceptors (Lipinski definition) is 4. The highest BCUT2D eigenvalue weighted by molar-refractivity contribution is 5.97. The van der Waals surface area contributed by atoms with Crippen LogP contribution >= 0.6 is 0 Å². The van der Waals surface area contributed by atoms with E-state index in [2.05, 4.69) is 5.32 Å². The molecule has 0 aliphatic rings. The maximum Gasteiger partial charge on any atom is 0.332 e. The van der Waals surface area contributed by atoms with Crippen LogP contribution in [0.25, 0.3) is 11.0 Å². The highest BCUT2D eigenvalue weighted by Crippen LogP contribution is 2.17. The molecule has 2 aromatic heterocycles. The molecular weight excluding hydrogens is 312 g/mol. The minimum Gasteiger partial charge on any atom is -0.392 e. The Morgan fingerprint density at radius 3 is 2.54 bits per heavy atom. The highest BCUT2D eigenvalue weighted by Gasteiger charge is 2.21. The van der Waals surface area contributed by atoms with Gasteiger partial charge in [-0.05, 0) is 19.4 Å². The van der Waals surface area contributed by atoms with E-state index in [1.165, 1.54) is 17.7 Å². The molecule has 2 aromatic rings. The van der Waals surface area contributed by atoms with Crippen LogP contribution in [0.2, 0.25) is 0 Å². The van der Waals surface area contributed by atoms with Crippen LogP contribution in [-0.2, 0) is 20.6 Å². The number of carbonyl (C=O) groups excluding carboxylic acids is 1. The summed E-state index contributed by atoms with van der Waals surface area (Å²) in [6, 6.07) is 1.52. The zero-order valence-corrected chi connectivity index (χ0v) is 14.5. The second-order valence-electron chi connectivity index (χ2n) is 6.04. The number of aliphatic hydroxyl groups excluding tert-OH is 1. The largest absolute Gasteiger partial charge is 0.392 e. The Morgan fingerprint density at radius 2 is 1.96 bits per heavy atom. The Morgan fingerprint density at radius 1 is 1.29 bits per heavy atom. The Bertz CT molecular complexity index is 873. The van der Waals surface area contributed by atoms with Gasteiger partial charge in [-0.25, -0.2) is 4.79 Å². The monoisotopic (exact) mass is 336 g/mol. The van der Waals surface area contributed by atoms with Gasteiger partial charge in [0, 0.05) is 27.2 Å². The van der Waals surface area contributed by atoms with Crippen LogP contribution in [0.1, 0.15) is 37.2 Å². The molecule has 1 atom stereocenters. The minimum atomic E-state index is -0.667. The van der Waals surface area contributed by atoms with E-state index < -0.39 is 17.4 Å². The zero-order valence-electron chi connectivity index (χ0n) is 14.5. The summed E-state index contributed by atoms with van der Waals surface area (Å²) in [4.78, 5) is 37.1. The molecule has 0 unspecified atom stereocenters. The fourth-order valence-electron chi connectivity index (χ4n) is 2.70. The second kappa shape index (κ2) is 7.04. The first-order valence-corrected chi connectivity index (χ1v) is 8.05. The van der Waals surface area contributed by atoms with Gasteiger partial charge in [-0.3, -0.25) is 18.7 Å². The van der Waals surface area contributed by atoms with Crippen LogP contribution in [0, 0.1) is 0 Å². The number of rotatable bonds is 6. The number of amides is 1. The fourth-order valence-corrected chi connectivity index (χ4v) is 2.70. The van der Waals surface area contributed by atoms with Crippen LogP contribution < -0.4 is 16.6 Å². The number of aliphatic hydroxyl groups is 1. The lowest BCUT2D eigenvalue weighted by Crippen LogP contribution is -2.37. The molecule has 0 spiro atoms. The summed E-state index contributed by atoms with van der Waals surface area (Å²) in [7, 11) is 3.00. The van der Waals surface area contributed by atoms with Crippen molar-refractivity contribution >= 4 is 16.9 Å². The number of aryl methyl sites for hydroxylation is 2. The van der Waals surface area contributed by atoms with Gasteiger partial charge < -0.3 is 15.0 Å². The first kappa shape index (κ1) is 18.0. The van der Waals surface area contributed by atoms with Gasteiger partial charge in [0.2, 0.25) is 0 Å². The van der Waals surface area contributed by atoms with Crippen molar-refractivity contribution in [3.05, 3.63) is 32.6 Å². The summed E-state index contributed by atoms with van der Waals surface area (Å²) in [5.41, 5.74) is -0.0941. The molecule has 0 aliphatic heterocycles. The van der Waals surface area contributed by atoms with Crippen molar-refractivity contribution < 1.29 is 9.90 Å². The molecule has 0 bridgehead atoms. The lowest BCUT2D eigenvalue weighted by Gasteiger charge is -2.13. The summed E-state index contributed by atoms with van der Waals surface area (Å²) in [6.07, 6.45) is 1.05. The standard InChI is InChI=1S/C16H24N4O4/c1-5-6-7-20-12(13(22)17-9-10(2)21)8-11-14(20)18(3)16(24)19(4)15(11)23/h8,10,21H,5-7,9H2,1-4H3,(H,17,22)/t10-/m1/s1. The van der Waals surface area contributed by atoms with Gasteiger partial charge in [-0.15, -0.1) is 0 Å². The Labute approximate surface area is 139 Å². The molecule has 0 saturated carbocycles. The molecule has 2 heterocycles. The average Bonchev–Trinajstić information content (AvgIpc) is 2.93. The third-order valence-electron chi connectivity index (χ3n) is 4.02. The van der Waals surface area contributed by atoms with E-state index in [0.717, 1.165) is 17.4 Å². The van der Waals surface area contributed by atoms with Gasteiger partial charge in [0.15, 0.2) is 0 Å². The summed E-state index contributed by atoms with van der Waals surface area (Å²) in [5.74, 6) is -0.377. The SMILES string of the molecule is CCCCn1c(C(=O)NC[C@@H](C)O)cc2c(=O)n(C)c(=O)n(C)c21. The van der Waals surface area contributed by atoms with Crippen LogP contribution in [0.3, 0.4) is 0 Å². The zero-order chi connectivity index (χ0) is 18.0. The Hall–Kier alpha value is -2.35. The number of carbonyl (C=O) groups is 1. The maximum absolute atomic E-state index is 12.5. The Kier molecular flexibility index (Phi) is 5.28. The second-order valence-corrected chi connectivity index (χ2v) is 6.04. The molecule has 2 N–H and O–H groups in total. The molecule has 0 fully saturated rings. The molecule has 2 rings (SSSR count). The van der Waals surface area contributed by atoms with Crippen molar-refractivity contribution in [2.75, 3.05) is 6.54 Å². The van der Waals surface area contributed by atoms with Crippen molar-refractivity contribution in [2.45, 2.75) is 39.3 Å². The third kappa shape index (κ3) is 3.14. The van der Waals surface area contributed by atoms with Gasteiger partial charge in [0.1, 0.15) is 11.3 Å². The van der Waals surface area contributed by atoms with Gasteiger partial charge in [-0.1, -0.05) is 13.3 Å². The molecule has 0 saturated heterocycles. The molecule has 0 aliphatic carbocycles. The summed E-state index contributed by atoms with van der Waals surface area (Å²) in [5, 5.41) is 12.3. The number of hydrogen-bond donors (Lipinski definition) is 2. The smallest absolute Gasteiger partial charge is 0.332 e. The topological polar surface area (TPSA) is 98.3 Å². The summed E-state index contributed by atoms with van der Waals surface area (Å²) in [6.45, 7) is 4.24. The molecular formula is C16H24N4O4. The van der Waals surface area contributed by atoms with Crippen molar-refractivity contribution in [3.8, 4) is 0 Å². The average molecular weight is 336 g/mol. The molecule has 0 radical (unpaired) electrons. The number of nitrogens with one attached hydrogen (secondary N) is 1. The van der Waals surface area contributed by atoms with E-state index in [0.29, 0.717) is 23.3 Å². The van der Waals surface area contributed by atoms with Crippen molar-refractivity contribution in [3.63, 3.8) is 0 Å². The van der Waals surface area contributed by atoms with Gasteiger partial charge in [0.05, 0.1) is 11.5 Å². The van der Waals surface area contributed by atoms with Gasteiger partial charge >= 0.3 is 5.69 Å². The minimum absolute atomic E-state index is 0.116. The number of unbranched alkanes of at least 4 members (excludes halogenated alkanes) is 1. The van der Waals surface area contributed by atoms with E-state index in [-0.39, 0.29) is 12.5 Å². The number of nitrogens with zero attached hydrogens (tertiary/aromatic N) is 3. The lowest BCUT2D eigenvalue weighted by molar-refractivity contribution is 0.0915. The number of aromatic nitrogens is 3. The van der Waals surface area contributed by atoms with E-state index in [1.807, 2.05) is 6.92 Å². The molecule has 0 aromatic carbocycles. The quantitative estimate of drug-likeness (QED) is 0.773. The van der Waals surface area contributed by atoms with Crippen LogP contribution in [0.4, 0.5) is 0 Å². The molecule has 132 valence electrons. The first-order valence-electron chi connectivity index (χ1n) is 8.05. The predicted molar refractivity (Wildman–Crippen MR) is 91.3 cm³/mol. The predicted octanol–water partition coefficient (Wildman–Crippen LogP) is -0.0506. The van der Waals surface area contributed by atoms with Crippen molar-refractivity contribution in [1.29, 1.82) is 0 Å². The van der Waals surface area contributed by atoms with E-state index in [4.69, 9.17) is 0 Å². The van der Waals surface area contributed by atoms with Gasteiger partial charge in [0.25, 0.3) is 11.5 Å². The summed E-state index contributed by atoms with van der Waals surface area (Å²) >= 11 is 0. The van der Waals surface area contributed by atoms with Crippen molar-refractivity contribution in [2.24, 2.45) is 14.1 Å². The van der Waals surface area contributed by atoms with Crippen molar-refractivity contribution in [1.82, 2.24) is 19.0 Å². The number of fused-ring (bicyclic) bond motifs is 1. The third-order valence-corrected chi connectivity index (χ3v) is 4.02. The maximum atomic E-state index is 12.5. The highest BCUT2D eigenvalue weighted by atomic mass is 16.3. The fraction of sp³-hybridized carbons (Fsp3) is 0.562. The first-order chi connectivity index (χ1) is 11.3. The van der Waals surface area contributed by atoms with E-state index in [9.17, 15) is 19.5 Å². The summed E-state index contributed by atoms with van der Waals surface area (Å²) < 4.78 is 4.13. The van der Waals surface area contributed by atoms with Gasteiger partial charge in [-0.2, -0.15) is 0 Å². The lowest BCUT2D eigenvalue weighted by atomic mass is 10.3. The molecule has 24 heavy (non-hydrogen) atoms. The van der Waals surface area contributed by atoms with Crippen LogP contribution in [0.15, 0.2) is 15.7 Å². The normalized spacial score (nSPS) is 12.5. The van der Waals surface area contributed by atoms with E-state index >= 15 is 0 Å². The molecule has 1 amide bonds. The van der Waals surface area contributed by atoms with E-state index in [1.54, 1.807) is 18.5 Å². The Balaban J connectivity index is 2.68. The van der Waals surface area contributed by atoms with Crippen LogP contribution in [0.5, 0.6) is 0 Å². The van der Waals surface area contributed by atoms with Crippen LogP contribution in [-0.4, -0.2) is 37.4 Å². The molecule has 8 nitrogen and oxygen atoms in total. The molecule has 8 heteroatoms.